The van der Waals surface area contributed by atoms with E-state index < -0.39 is 0 Å². The molecule has 1 aliphatic rings. The van der Waals surface area contributed by atoms with Crippen molar-refractivity contribution < 1.29 is 9.21 Å². The molecule has 6 heteroatoms. The van der Waals surface area contributed by atoms with Crippen molar-refractivity contribution in [3.05, 3.63) is 28.3 Å². The highest BCUT2D eigenvalue weighted by Gasteiger charge is 2.20. The highest BCUT2D eigenvalue weighted by Crippen LogP contribution is 2.24. The molecule has 1 saturated heterocycles. The summed E-state index contributed by atoms with van der Waals surface area (Å²) in [4.78, 5) is 18.8. The van der Waals surface area contributed by atoms with Crippen LogP contribution in [0.2, 0.25) is 0 Å². The van der Waals surface area contributed by atoms with E-state index in [1.54, 1.807) is 11.3 Å². The lowest BCUT2D eigenvalue weighted by atomic mass is 10.2. The minimum Gasteiger partial charge on any atom is -0.441 e. The Bertz CT molecular complexity index is 598. The highest BCUT2D eigenvalue weighted by molar-refractivity contribution is 7.08. The summed E-state index contributed by atoms with van der Waals surface area (Å²) >= 11 is 1.61. The van der Waals surface area contributed by atoms with Gasteiger partial charge >= 0.3 is 0 Å². The van der Waals surface area contributed by atoms with Crippen molar-refractivity contribution >= 4 is 17.2 Å². The van der Waals surface area contributed by atoms with Gasteiger partial charge in [-0.25, -0.2) is 4.98 Å². The molecule has 3 heterocycles. The second kappa shape index (κ2) is 6.41. The third kappa shape index (κ3) is 3.33. The summed E-state index contributed by atoms with van der Waals surface area (Å²) in [5.41, 5.74) is 1.72. The molecule has 21 heavy (non-hydrogen) atoms. The number of carbonyl (C=O) groups excluding carboxylic acids is 1. The Labute approximate surface area is 128 Å². The van der Waals surface area contributed by atoms with Gasteiger partial charge in [-0.2, -0.15) is 11.3 Å². The molecule has 2 aromatic heterocycles. The van der Waals surface area contributed by atoms with Crippen LogP contribution in [0.1, 0.15) is 17.9 Å². The lowest BCUT2D eigenvalue weighted by Gasteiger charge is -2.19. The SMILES string of the molecule is Cc1oc(-c2ccsc2)nc1CC(=O)N1CCCNCC1. The lowest BCUT2D eigenvalue weighted by molar-refractivity contribution is -0.130. The molecule has 0 aliphatic carbocycles. The Hall–Kier alpha value is -1.66. The molecule has 0 spiro atoms. The normalized spacial score (nSPS) is 16.0. The number of thiophene rings is 1. The number of rotatable bonds is 3. The molecular formula is C15H19N3O2S. The van der Waals surface area contributed by atoms with E-state index in [4.69, 9.17) is 4.42 Å². The minimum atomic E-state index is 0.131. The molecule has 0 atom stereocenters. The van der Waals surface area contributed by atoms with Crippen molar-refractivity contribution in [2.75, 3.05) is 26.2 Å². The summed E-state index contributed by atoms with van der Waals surface area (Å²) in [7, 11) is 0. The number of nitrogens with zero attached hydrogens (tertiary/aromatic N) is 2. The first kappa shape index (κ1) is 14.3. The van der Waals surface area contributed by atoms with Crippen molar-refractivity contribution in [1.29, 1.82) is 0 Å². The van der Waals surface area contributed by atoms with E-state index >= 15 is 0 Å². The molecule has 0 unspecified atom stereocenters. The second-order valence-corrected chi connectivity index (χ2v) is 5.98. The van der Waals surface area contributed by atoms with Crippen LogP contribution in [0.4, 0.5) is 0 Å². The van der Waals surface area contributed by atoms with Crippen LogP contribution in [0.3, 0.4) is 0 Å². The van der Waals surface area contributed by atoms with Crippen molar-refractivity contribution in [3.63, 3.8) is 0 Å². The smallest absolute Gasteiger partial charge is 0.228 e. The van der Waals surface area contributed by atoms with Gasteiger partial charge in [0.15, 0.2) is 0 Å². The minimum absolute atomic E-state index is 0.131. The number of oxazole rings is 1. The van der Waals surface area contributed by atoms with Crippen LogP contribution < -0.4 is 5.32 Å². The molecule has 1 N–H and O–H groups in total. The van der Waals surface area contributed by atoms with Gasteiger partial charge in [0.05, 0.1) is 12.1 Å². The zero-order valence-electron chi connectivity index (χ0n) is 12.1. The van der Waals surface area contributed by atoms with Crippen LogP contribution in [0.25, 0.3) is 11.5 Å². The van der Waals surface area contributed by atoms with Crippen molar-refractivity contribution in [1.82, 2.24) is 15.2 Å². The third-order valence-corrected chi connectivity index (χ3v) is 4.36. The molecular weight excluding hydrogens is 286 g/mol. The van der Waals surface area contributed by atoms with E-state index in [1.807, 2.05) is 28.7 Å². The van der Waals surface area contributed by atoms with Gasteiger partial charge in [-0.05, 0) is 31.3 Å². The molecule has 2 aromatic rings. The number of hydrogen-bond donors (Lipinski definition) is 1. The predicted octanol–water partition coefficient (Wildman–Crippen LogP) is 2.08. The van der Waals surface area contributed by atoms with Crippen LogP contribution in [0.15, 0.2) is 21.2 Å². The summed E-state index contributed by atoms with van der Waals surface area (Å²) in [6.45, 7) is 5.31. The van der Waals surface area contributed by atoms with Crippen molar-refractivity contribution in [2.24, 2.45) is 0 Å². The largest absolute Gasteiger partial charge is 0.441 e. The Morgan fingerprint density at radius 3 is 3.19 bits per heavy atom. The Balaban J connectivity index is 1.71. The Kier molecular flexibility index (Phi) is 4.36. The predicted molar refractivity (Wildman–Crippen MR) is 82.3 cm³/mol. The van der Waals surface area contributed by atoms with Crippen LogP contribution in [-0.4, -0.2) is 42.0 Å². The molecule has 0 radical (unpaired) electrons. The van der Waals surface area contributed by atoms with Crippen LogP contribution >= 0.6 is 11.3 Å². The fourth-order valence-electron chi connectivity index (χ4n) is 2.45. The second-order valence-electron chi connectivity index (χ2n) is 5.20. The zero-order valence-corrected chi connectivity index (χ0v) is 12.9. The molecule has 1 aliphatic heterocycles. The topological polar surface area (TPSA) is 58.4 Å². The summed E-state index contributed by atoms with van der Waals surface area (Å²) in [6.07, 6.45) is 1.32. The maximum absolute atomic E-state index is 12.4. The monoisotopic (exact) mass is 305 g/mol. The molecule has 1 amide bonds. The summed E-state index contributed by atoms with van der Waals surface area (Å²) in [6, 6.07) is 1.97. The molecule has 1 fully saturated rings. The molecule has 3 rings (SSSR count). The van der Waals surface area contributed by atoms with Gasteiger partial charge in [-0.1, -0.05) is 0 Å². The lowest BCUT2D eigenvalue weighted by Crippen LogP contribution is -2.35. The summed E-state index contributed by atoms with van der Waals surface area (Å²) < 4.78 is 5.68. The van der Waals surface area contributed by atoms with E-state index in [0.29, 0.717) is 12.3 Å². The maximum Gasteiger partial charge on any atom is 0.228 e. The van der Waals surface area contributed by atoms with Gasteiger partial charge in [0.1, 0.15) is 5.76 Å². The Morgan fingerprint density at radius 2 is 2.38 bits per heavy atom. The van der Waals surface area contributed by atoms with Crippen molar-refractivity contribution in [3.8, 4) is 11.5 Å². The quantitative estimate of drug-likeness (QED) is 0.943. The van der Waals surface area contributed by atoms with Gasteiger partial charge in [0, 0.05) is 30.6 Å². The first-order chi connectivity index (χ1) is 10.2. The fraction of sp³-hybridized carbons (Fsp3) is 0.467. The number of carbonyl (C=O) groups is 1. The maximum atomic E-state index is 12.4. The van der Waals surface area contributed by atoms with Crippen LogP contribution in [0.5, 0.6) is 0 Å². The van der Waals surface area contributed by atoms with Crippen LogP contribution in [0, 0.1) is 6.92 Å². The number of nitrogens with one attached hydrogen (secondary N) is 1. The van der Waals surface area contributed by atoms with Gasteiger partial charge in [-0.3, -0.25) is 4.79 Å². The first-order valence-corrected chi connectivity index (χ1v) is 8.15. The zero-order chi connectivity index (χ0) is 14.7. The Morgan fingerprint density at radius 1 is 1.48 bits per heavy atom. The number of hydrogen-bond acceptors (Lipinski definition) is 5. The van der Waals surface area contributed by atoms with E-state index in [9.17, 15) is 4.79 Å². The van der Waals surface area contributed by atoms with Crippen LogP contribution in [-0.2, 0) is 11.2 Å². The molecule has 0 saturated carbocycles. The highest BCUT2D eigenvalue weighted by atomic mass is 32.1. The molecule has 5 nitrogen and oxygen atoms in total. The van der Waals surface area contributed by atoms with Crippen molar-refractivity contribution in [2.45, 2.75) is 19.8 Å². The van der Waals surface area contributed by atoms with E-state index in [-0.39, 0.29) is 5.91 Å². The van der Waals surface area contributed by atoms with E-state index in [1.165, 1.54) is 0 Å². The molecule has 0 bridgehead atoms. The van der Waals surface area contributed by atoms with Gasteiger partial charge in [-0.15, -0.1) is 0 Å². The first-order valence-electron chi connectivity index (χ1n) is 7.21. The average Bonchev–Trinajstić information content (AvgIpc) is 3.02. The number of amides is 1. The average molecular weight is 305 g/mol. The third-order valence-electron chi connectivity index (χ3n) is 3.67. The summed E-state index contributed by atoms with van der Waals surface area (Å²) in [5, 5.41) is 7.29. The van der Waals surface area contributed by atoms with Gasteiger partial charge < -0.3 is 14.6 Å². The van der Waals surface area contributed by atoms with E-state index in [2.05, 4.69) is 10.3 Å². The summed E-state index contributed by atoms with van der Waals surface area (Å²) in [5.74, 6) is 1.47. The molecule has 112 valence electrons. The molecule has 0 aromatic carbocycles. The number of aromatic nitrogens is 1. The van der Waals surface area contributed by atoms with Gasteiger partial charge in [0.25, 0.3) is 0 Å². The standard InChI is InChI=1S/C15H19N3O2S/c1-11-13(17-15(20-11)12-3-8-21-10-12)9-14(19)18-6-2-4-16-5-7-18/h3,8,10,16H,2,4-7,9H2,1H3. The fourth-order valence-corrected chi connectivity index (χ4v) is 3.08. The van der Waals surface area contributed by atoms with E-state index in [0.717, 1.165) is 49.6 Å². The van der Waals surface area contributed by atoms with Gasteiger partial charge in [0.2, 0.25) is 11.8 Å². The number of aryl methyl sites for hydroxylation is 1.